The fourth-order valence-corrected chi connectivity index (χ4v) is 4.50. The van der Waals surface area contributed by atoms with Crippen LogP contribution in [-0.2, 0) is 10.8 Å². The lowest BCUT2D eigenvalue weighted by molar-refractivity contribution is 0.101. The van der Waals surface area contributed by atoms with E-state index in [1.165, 1.54) is 6.20 Å². The Morgan fingerprint density at radius 3 is 1.95 bits per heavy atom. The summed E-state index contributed by atoms with van der Waals surface area (Å²) in [4.78, 5) is 35.6. The Bertz CT molecular complexity index is 1680. The van der Waals surface area contributed by atoms with E-state index in [0.717, 1.165) is 27.9 Å². The lowest BCUT2D eigenvalue weighted by atomic mass is 9.79. The average molecular weight is 594 g/mol. The van der Waals surface area contributed by atoms with Gasteiger partial charge in [-0.05, 0) is 83.3 Å². The molecule has 1 heterocycles. The minimum absolute atomic E-state index is 0.115. The molecule has 0 fully saturated rings. The van der Waals surface area contributed by atoms with Crippen molar-refractivity contribution in [3.05, 3.63) is 94.2 Å². The number of hydrogen-bond donors (Lipinski definition) is 5. The molecule has 2 amide bonds. The van der Waals surface area contributed by atoms with Gasteiger partial charge in [-0.2, -0.15) is 4.98 Å². The molecule has 230 valence electrons. The summed E-state index contributed by atoms with van der Waals surface area (Å²) in [6.45, 7) is 16.7. The third-order valence-electron chi connectivity index (χ3n) is 7.48. The molecular weight excluding hydrogens is 550 g/mol. The van der Waals surface area contributed by atoms with Gasteiger partial charge in [-0.15, -0.1) is 0 Å². The van der Waals surface area contributed by atoms with Gasteiger partial charge in [0.25, 0.3) is 11.8 Å². The van der Waals surface area contributed by atoms with Gasteiger partial charge in [0, 0.05) is 41.6 Å². The number of carbonyl (C=O) groups is 2. The third-order valence-corrected chi connectivity index (χ3v) is 7.48. The van der Waals surface area contributed by atoms with Gasteiger partial charge in [0.15, 0.2) is 0 Å². The lowest BCUT2D eigenvalue weighted by Crippen LogP contribution is -2.20. The van der Waals surface area contributed by atoms with Gasteiger partial charge in [0.05, 0.1) is 0 Å². The van der Waals surface area contributed by atoms with E-state index in [1.807, 2.05) is 50.2 Å². The van der Waals surface area contributed by atoms with Crippen molar-refractivity contribution >= 4 is 46.3 Å². The Kier molecular flexibility index (Phi) is 8.99. The van der Waals surface area contributed by atoms with Gasteiger partial charge >= 0.3 is 0 Å². The van der Waals surface area contributed by atoms with Crippen molar-refractivity contribution < 1.29 is 9.59 Å². The van der Waals surface area contributed by atoms with Crippen LogP contribution in [0.2, 0.25) is 0 Å². The number of nitrogen functional groups attached to an aromatic ring is 1. The van der Waals surface area contributed by atoms with Crippen molar-refractivity contribution in [2.24, 2.45) is 0 Å². The first-order valence-electron chi connectivity index (χ1n) is 14.6. The molecule has 0 atom stereocenters. The predicted molar refractivity (Wildman–Crippen MR) is 181 cm³/mol. The molecule has 1 aromatic heterocycles. The molecule has 44 heavy (non-hydrogen) atoms. The van der Waals surface area contributed by atoms with E-state index in [4.69, 9.17) is 5.73 Å². The molecule has 9 heteroatoms. The highest BCUT2D eigenvalue weighted by Crippen LogP contribution is 2.31. The average Bonchev–Trinajstić information content (AvgIpc) is 2.95. The van der Waals surface area contributed by atoms with Crippen LogP contribution in [0.25, 0.3) is 0 Å². The molecule has 4 rings (SSSR count). The molecule has 0 saturated carbocycles. The normalized spacial score (nSPS) is 11.6. The number of benzene rings is 3. The number of nitrogens with one attached hydrogen (secondary N) is 4. The van der Waals surface area contributed by atoms with Gasteiger partial charge < -0.3 is 27.0 Å². The topological polar surface area (TPSA) is 134 Å². The number of aromatic nitrogens is 2. The first-order chi connectivity index (χ1) is 20.5. The summed E-state index contributed by atoms with van der Waals surface area (Å²) in [5, 5.41) is 12.1. The smallest absolute Gasteiger partial charge is 0.261 e. The Hall–Kier alpha value is -4.92. The van der Waals surface area contributed by atoms with Gasteiger partial charge in [0.2, 0.25) is 5.95 Å². The van der Waals surface area contributed by atoms with Crippen LogP contribution in [0, 0.1) is 13.8 Å². The fraction of sp³-hybridized carbons (Fsp3) is 0.314. The third kappa shape index (κ3) is 7.53. The second kappa shape index (κ2) is 12.4. The van der Waals surface area contributed by atoms with Crippen LogP contribution < -0.4 is 27.0 Å². The van der Waals surface area contributed by atoms with Crippen molar-refractivity contribution in [3.63, 3.8) is 0 Å². The predicted octanol–water partition coefficient (Wildman–Crippen LogP) is 7.56. The maximum Gasteiger partial charge on any atom is 0.261 e. The molecule has 6 N–H and O–H groups in total. The summed E-state index contributed by atoms with van der Waals surface area (Å²) in [5.74, 6) is 0.0718. The van der Waals surface area contributed by atoms with E-state index >= 15 is 0 Å². The maximum atomic E-state index is 13.5. The Morgan fingerprint density at radius 2 is 1.36 bits per heavy atom. The minimum atomic E-state index is -0.389. The molecule has 0 aliphatic heterocycles. The highest BCUT2D eigenvalue weighted by Gasteiger charge is 2.23. The molecule has 3 aromatic carbocycles. The number of nitrogens with two attached hydrogens (primary N) is 1. The number of rotatable bonds is 7. The standard InChI is InChI=1S/C35H43N7O2/c1-20-10-12-25(17-28(20)36)40-33-38-19-27(30(37-9)42-33)32(44)41-29-18-26(13-11-21(29)2)39-31(43)22-14-23(34(3,4)5)16-24(15-22)35(6,7)8/h10-19H,36H2,1-9H3,(H,39,43)(H,41,44)(H2,37,38,40,42). The van der Waals surface area contributed by atoms with Crippen LogP contribution in [0.1, 0.15) is 84.5 Å². The largest absolute Gasteiger partial charge is 0.398 e. The molecule has 0 spiro atoms. The summed E-state index contributed by atoms with van der Waals surface area (Å²) in [6.07, 6.45) is 1.46. The Morgan fingerprint density at radius 1 is 0.750 bits per heavy atom. The molecule has 0 bridgehead atoms. The zero-order valence-electron chi connectivity index (χ0n) is 27.1. The molecule has 0 aliphatic carbocycles. The molecule has 4 aromatic rings. The van der Waals surface area contributed by atoms with Crippen LogP contribution >= 0.6 is 0 Å². The van der Waals surface area contributed by atoms with Gasteiger partial charge in [-0.1, -0.05) is 59.7 Å². The summed E-state index contributed by atoms with van der Waals surface area (Å²) in [7, 11) is 1.69. The van der Waals surface area contributed by atoms with Gasteiger partial charge in [-0.3, -0.25) is 9.59 Å². The Labute approximate surface area is 260 Å². The molecule has 0 radical (unpaired) electrons. The second-order valence-corrected chi connectivity index (χ2v) is 13.1. The summed E-state index contributed by atoms with van der Waals surface area (Å²) in [5.41, 5.74) is 13.2. The first kappa shape index (κ1) is 32.0. The van der Waals surface area contributed by atoms with E-state index in [0.29, 0.717) is 34.4 Å². The van der Waals surface area contributed by atoms with Crippen LogP contribution in [0.5, 0.6) is 0 Å². The lowest BCUT2D eigenvalue weighted by Gasteiger charge is -2.26. The number of nitrogens with zero attached hydrogens (tertiary/aromatic N) is 2. The fourth-order valence-electron chi connectivity index (χ4n) is 4.50. The van der Waals surface area contributed by atoms with E-state index in [-0.39, 0.29) is 28.2 Å². The zero-order chi connectivity index (χ0) is 32.4. The summed E-state index contributed by atoms with van der Waals surface area (Å²) < 4.78 is 0. The first-order valence-corrected chi connectivity index (χ1v) is 14.6. The van der Waals surface area contributed by atoms with Gasteiger partial charge in [0.1, 0.15) is 11.4 Å². The van der Waals surface area contributed by atoms with Crippen LogP contribution in [0.4, 0.5) is 34.5 Å². The molecule has 0 saturated heterocycles. The molecule has 0 unspecified atom stereocenters. The molecular formula is C35H43N7O2. The van der Waals surface area contributed by atoms with E-state index in [9.17, 15) is 9.59 Å². The van der Waals surface area contributed by atoms with E-state index in [1.54, 1.807) is 19.2 Å². The summed E-state index contributed by atoms with van der Waals surface area (Å²) >= 11 is 0. The monoisotopic (exact) mass is 593 g/mol. The van der Waals surface area contributed by atoms with Crippen molar-refractivity contribution in [3.8, 4) is 0 Å². The van der Waals surface area contributed by atoms with Crippen molar-refractivity contribution in [2.45, 2.75) is 66.2 Å². The summed E-state index contributed by atoms with van der Waals surface area (Å²) in [6, 6.07) is 17.1. The SMILES string of the molecule is CNc1nc(Nc2ccc(C)c(N)c2)ncc1C(=O)Nc1cc(NC(=O)c2cc(C(C)(C)C)cc(C(C)(C)C)c2)ccc1C. The number of hydrogen-bond acceptors (Lipinski definition) is 7. The number of aryl methyl sites for hydroxylation is 2. The number of carbonyl (C=O) groups excluding carboxylic acids is 2. The number of amides is 2. The second-order valence-electron chi connectivity index (χ2n) is 13.1. The zero-order valence-corrected chi connectivity index (χ0v) is 27.1. The quantitative estimate of drug-likeness (QED) is 0.140. The highest BCUT2D eigenvalue weighted by atomic mass is 16.2. The van der Waals surface area contributed by atoms with E-state index < -0.39 is 0 Å². The maximum absolute atomic E-state index is 13.5. The molecule has 0 aliphatic rings. The van der Waals surface area contributed by atoms with Gasteiger partial charge in [-0.25, -0.2) is 4.98 Å². The highest BCUT2D eigenvalue weighted by molar-refractivity contribution is 6.09. The van der Waals surface area contributed by atoms with Crippen molar-refractivity contribution in [2.75, 3.05) is 34.0 Å². The van der Waals surface area contributed by atoms with Crippen LogP contribution in [-0.4, -0.2) is 28.8 Å². The van der Waals surface area contributed by atoms with Crippen LogP contribution in [0.15, 0.2) is 60.8 Å². The Balaban J connectivity index is 1.54. The number of anilines is 6. The van der Waals surface area contributed by atoms with Crippen molar-refractivity contribution in [1.29, 1.82) is 0 Å². The van der Waals surface area contributed by atoms with Crippen molar-refractivity contribution in [1.82, 2.24) is 9.97 Å². The van der Waals surface area contributed by atoms with E-state index in [2.05, 4.69) is 78.8 Å². The van der Waals surface area contributed by atoms with Crippen LogP contribution in [0.3, 0.4) is 0 Å². The molecule has 9 nitrogen and oxygen atoms in total. The minimum Gasteiger partial charge on any atom is -0.398 e.